The van der Waals surface area contributed by atoms with Gasteiger partial charge in [0.1, 0.15) is 5.75 Å². The van der Waals surface area contributed by atoms with Crippen molar-refractivity contribution in [3.8, 4) is 5.75 Å². The Morgan fingerprint density at radius 3 is 2.74 bits per heavy atom. The molecule has 0 aromatic heterocycles. The minimum absolute atomic E-state index is 0.0243. The molecule has 0 saturated carbocycles. The first-order valence-electron chi connectivity index (χ1n) is 6.25. The van der Waals surface area contributed by atoms with E-state index >= 15 is 0 Å². The van der Waals surface area contributed by atoms with Crippen LogP contribution in [-0.4, -0.2) is 41.7 Å². The van der Waals surface area contributed by atoms with E-state index in [-0.39, 0.29) is 25.2 Å². The van der Waals surface area contributed by atoms with E-state index in [1.165, 1.54) is 0 Å². The normalized spacial score (nSPS) is 10.6. The zero-order valence-electron chi connectivity index (χ0n) is 11.5. The van der Waals surface area contributed by atoms with Crippen molar-refractivity contribution in [2.24, 2.45) is 0 Å². The van der Waals surface area contributed by atoms with Gasteiger partial charge < -0.3 is 14.7 Å². The number of ether oxygens (including phenoxy) is 1. The Morgan fingerprint density at radius 1 is 1.47 bits per heavy atom. The minimum atomic E-state index is -0.165. The van der Waals surface area contributed by atoms with Crippen LogP contribution in [0.15, 0.2) is 18.2 Å². The second-order valence-corrected chi connectivity index (χ2v) is 5.03. The number of carbonyl (C=O) groups excluding carboxylic acids is 1. The Hall–Kier alpha value is -1.26. The molecular weight excluding hydrogens is 266 g/mol. The zero-order valence-corrected chi connectivity index (χ0v) is 12.3. The first kappa shape index (κ1) is 15.8. The number of aryl methyl sites for hydroxylation is 1. The Labute approximate surface area is 118 Å². The Bertz CT molecular complexity index is 435. The predicted molar refractivity (Wildman–Crippen MR) is 75.6 cm³/mol. The Balaban J connectivity index is 2.64. The first-order valence-corrected chi connectivity index (χ1v) is 6.62. The number of hydrogen-bond donors (Lipinski definition) is 1. The van der Waals surface area contributed by atoms with E-state index in [1.54, 1.807) is 17.0 Å². The summed E-state index contributed by atoms with van der Waals surface area (Å²) in [6, 6.07) is 5.44. The van der Waals surface area contributed by atoms with Crippen LogP contribution in [0.2, 0.25) is 5.02 Å². The number of carbonyl (C=O) groups is 1. The lowest BCUT2D eigenvalue weighted by Crippen LogP contribution is -2.41. The third-order valence-corrected chi connectivity index (χ3v) is 3.03. The van der Waals surface area contributed by atoms with Gasteiger partial charge in [0.25, 0.3) is 5.91 Å². The molecule has 0 aliphatic carbocycles. The molecule has 106 valence electrons. The van der Waals surface area contributed by atoms with E-state index in [9.17, 15) is 4.79 Å². The molecule has 0 heterocycles. The predicted octanol–water partition coefficient (Wildman–Crippen LogP) is 2.26. The second-order valence-electron chi connectivity index (χ2n) is 4.63. The van der Waals surface area contributed by atoms with Gasteiger partial charge in [0, 0.05) is 12.6 Å². The van der Waals surface area contributed by atoms with Gasteiger partial charge in [0.05, 0.1) is 11.6 Å². The van der Waals surface area contributed by atoms with Crippen molar-refractivity contribution in [2.75, 3.05) is 19.8 Å². The van der Waals surface area contributed by atoms with Crippen LogP contribution in [0.3, 0.4) is 0 Å². The number of rotatable bonds is 6. The van der Waals surface area contributed by atoms with Crippen molar-refractivity contribution in [2.45, 2.75) is 26.8 Å². The standard InChI is InChI=1S/C14H20ClNO3/c1-10(2)16(6-7-17)14(18)9-19-13-8-11(3)4-5-12(13)15/h4-5,8,10,17H,6-7,9H2,1-3H3. The van der Waals surface area contributed by atoms with E-state index in [1.807, 2.05) is 26.8 Å². The third kappa shape index (κ3) is 4.73. The van der Waals surface area contributed by atoms with Crippen LogP contribution in [0.4, 0.5) is 0 Å². The molecule has 1 aromatic carbocycles. The molecule has 0 aliphatic rings. The van der Waals surface area contributed by atoms with Gasteiger partial charge in [0.15, 0.2) is 6.61 Å². The lowest BCUT2D eigenvalue weighted by Gasteiger charge is -2.25. The smallest absolute Gasteiger partial charge is 0.260 e. The van der Waals surface area contributed by atoms with Gasteiger partial charge in [-0.15, -0.1) is 0 Å². The van der Waals surface area contributed by atoms with Gasteiger partial charge >= 0.3 is 0 Å². The summed E-state index contributed by atoms with van der Waals surface area (Å²) in [6.45, 7) is 5.88. The number of nitrogens with zero attached hydrogens (tertiary/aromatic N) is 1. The third-order valence-electron chi connectivity index (χ3n) is 2.72. The van der Waals surface area contributed by atoms with Gasteiger partial charge in [-0.2, -0.15) is 0 Å². The van der Waals surface area contributed by atoms with Gasteiger partial charge in [-0.05, 0) is 38.5 Å². The molecule has 4 nitrogen and oxygen atoms in total. The van der Waals surface area contributed by atoms with Crippen LogP contribution in [0, 0.1) is 6.92 Å². The average Bonchev–Trinajstić information content (AvgIpc) is 2.36. The van der Waals surface area contributed by atoms with E-state index in [4.69, 9.17) is 21.4 Å². The maximum Gasteiger partial charge on any atom is 0.260 e. The molecule has 1 N–H and O–H groups in total. The fourth-order valence-electron chi connectivity index (χ4n) is 1.72. The molecule has 0 spiro atoms. The molecule has 0 saturated heterocycles. The molecule has 0 fully saturated rings. The van der Waals surface area contributed by atoms with Crippen molar-refractivity contribution >= 4 is 17.5 Å². The van der Waals surface area contributed by atoms with E-state index in [0.29, 0.717) is 17.3 Å². The number of benzene rings is 1. The van der Waals surface area contributed by atoms with Crippen LogP contribution < -0.4 is 4.74 Å². The Morgan fingerprint density at radius 2 is 2.16 bits per heavy atom. The SMILES string of the molecule is Cc1ccc(Cl)c(OCC(=O)N(CCO)C(C)C)c1. The number of aliphatic hydroxyl groups is 1. The van der Waals surface area contributed by atoms with Crippen molar-refractivity contribution in [3.63, 3.8) is 0 Å². The summed E-state index contributed by atoms with van der Waals surface area (Å²) in [6.07, 6.45) is 0. The highest BCUT2D eigenvalue weighted by Crippen LogP contribution is 2.25. The highest BCUT2D eigenvalue weighted by Gasteiger charge is 2.17. The molecule has 1 aromatic rings. The molecule has 1 rings (SSSR count). The van der Waals surface area contributed by atoms with E-state index in [2.05, 4.69) is 0 Å². The summed E-state index contributed by atoms with van der Waals surface area (Å²) in [5.74, 6) is 0.337. The van der Waals surface area contributed by atoms with Gasteiger partial charge in [-0.25, -0.2) is 0 Å². The number of halogens is 1. The van der Waals surface area contributed by atoms with Crippen molar-refractivity contribution < 1.29 is 14.6 Å². The molecular formula is C14H20ClNO3. The van der Waals surface area contributed by atoms with Crippen molar-refractivity contribution in [3.05, 3.63) is 28.8 Å². The largest absolute Gasteiger partial charge is 0.482 e. The molecule has 0 aliphatic heterocycles. The first-order chi connectivity index (χ1) is 8.95. The van der Waals surface area contributed by atoms with Crippen LogP contribution in [0.1, 0.15) is 19.4 Å². The van der Waals surface area contributed by atoms with Crippen LogP contribution in [0.25, 0.3) is 0 Å². The molecule has 19 heavy (non-hydrogen) atoms. The summed E-state index contributed by atoms with van der Waals surface area (Å²) >= 11 is 5.99. The maximum atomic E-state index is 12.0. The summed E-state index contributed by atoms with van der Waals surface area (Å²) < 4.78 is 5.45. The van der Waals surface area contributed by atoms with Crippen LogP contribution in [0.5, 0.6) is 5.75 Å². The number of aliphatic hydroxyl groups excluding tert-OH is 1. The van der Waals surface area contributed by atoms with Crippen LogP contribution in [-0.2, 0) is 4.79 Å². The Kier molecular flexibility index (Phi) is 6.12. The second kappa shape index (κ2) is 7.36. The molecule has 0 unspecified atom stereocenters. The fourth-order valence-corrected chi connectivity index (χ4v) is 1.89. The highest BCUT2D eigenvalue weighted by molar-refractivity contribution is 6.32. The number of amides is 1. The highest BCUT2D eigenvalue weighted by atomic mass is 35.5. The minimum Gasteiger partial charge on any atom is -0.482 e. The monoisotopic (exact) mass is 285 g/mol. The van der Waals surface area contributed by atoms with E-state index < -0.39 is 0 Å². The lowest BCUT2D eigenvalue weighted by atomic mass is 10.2. The van der Waals surface area contributed by atoms with E-state index in [0.717, 1.165) is 5.56 Å². The zero-order chi connectivity index (χ0) is 14.4. The van der Waals surface area contributed by atoms with Crippen LogP contribution >= 0.6 is 11.6 Å². The quantitative estimate of drug-likeness (QED) is 0.872. The maximum absolute atomic E-state index is 12.0. The molecule has 0 bridgehead atoms. The van der Waals surface area contributed by atoms with Crippen molar-refractivity contribution in [1.82, 2.24) is 4.90 Å². The molecule has 0 radical (unpaired) electrons. The fraction of sp³-hybridized carbons (Fsp3) is 0.500. The van der Waals surface area contributed by atoms with Crippen molar-refractivity contribution in [1.29, 1.82) is 0 Å². The van der Waals surface area contributed by atoms with Gasteiger partial charge in [-0.1, -0.05) is 17.7 Å². The summed E-state index contributed by atoms with van der Waals surface area (Å²) in [5, 5.41) is 9.43. The summed E-state index contributed by atoms with van der Waals surface area (Å²) in [4.78, 5) is 13.6. The molecule has 0 atom stereocenters. The van der Waals surface area contributed by atoms with Gasteiger partial charge in [0.2, 0.25) is 0 Å². The topological polar surface area (TPSA) is 49.8 Å². The van der Waals surface area contributed by atoms with Gasteiger partial charge in [-0.3, -0.25) is 4.79 Å². The molecule has 1 amide bonds. The number of hydrogen-bond acceptors (Lipinski definition) is 3. The lowest BCUT2D eigenvalue weighted by molar-refractivity contribution is -0.135. The summed E-state index contributed by atoms with van der Waals surface area (Å²) in [7, 11) is 0. The average molecular weight is 286 g/mol. The molecule has 5 heteroatoms. The summed E-state index contributed by atoms with van der Waals surface area (Å²) in [5.41, 5.74) is 1.02.